The molecular formula is C16H27ClN2O. The Balaban J connectivity index is 0.00000121. The Hall–Kier alpha value is -0.280. The van der Waals surface area contributed by atoms with Gasteiger partial charge in [-0.25, -0.2) is 0 Å². The van der Waals surface area contributed by atoms with Crippen LogP contribution in [0.15, 0.2) is 0 Å². The van der Waals surface area contributed by atoms with Crippen LogP contribution in [0.1, 0.15) is 39.0 Å². The highest BCUT2D eigenvalue weighted by molar-refractivity contribution is 5.85. The molecule has 1 saturated heterocycles. The van der Waals surface area contributed by atoms with Gasteiger partial charge in [-0.2, -0.15) is 0 Å². The number of rotatable bonds is 2. The van der Waals surface area contributed by atoms with Crippen LogP contribution in [0.3, 0.4) is 0 Å². The Morgan fingerprint density at radius 2 is 1.80 bits per heavy atom. The molecule has 0 aromatic heterocycles. The van der Waals surface area contributed by atoms with Gasteiger partial charge in [-0.3, -0.25) is 4.79 Å². The smallest absolute Gasteiger partial charge is 0.226 e. The predicted octanol–water partition coefficient (Wildman–Crippen LogP) is 2.29. The Morgan fingerprint density at radius 3 is 2.40 bits per heavy atom. The number of hydrogen-bond acceptors (Lipinski definition) is 2. The van der Waals surface area contributed by atoms with Gasteiger partial charge >= 0.3 is 0 Å². The summed E-state index contributed by atoms with van der Waals surface area (Å²) < 4.78 is 0. The lowest BCUT2D eigenvalue weighted by Gasteiger charge is -2.38. The summed E-state index contributed by atoms with van der Waals surface area (Å²) in [6.07, 6.45) is 6.49. The summed E-state index contributed by atoms with van der Waals surface area (Å²) in [6, 6.07) is 0.315. The standard InChI is InChI=1S/C16H26N2O.ClH/c1-9-4-5-18(12(6-9)8-17)16(19)15-13-10-2-3-11(7-10)14(13)15;/h9-15H,2-8,17H2,1H3;1H. The predicted molar refractivity (Wildman–Crippen MR) is 81.5 cm³/mol. The third-order valence-electron chi connectivity index (χ3n) is 6.55. The number of amides is 1. The van der Waals surface area contributed by atoms with Gasteiger partial charge in [0.1, 0.15) is 0 Å². The van der Waals surface area contributed by atoms with Gasteiger partial charge in [0.25, 0.3) is 0 Å². The maximum atomic E-state index is 12.8. The molecule has 1 amide bonds. The Bertz CT molecular complexity index is 386. The Labute approximate surface area is 128 Å². The van der Waals surface area contributed by atoms with Crippen molar-refractivity contribution in [2.75, 3.05) is 13.1 Å². The first-order valence-corrected chi connectivity index (χ1v) is 8.21. The van der Waals surface area contributed by atoms with Crippen LogP contribution in [-0.2, 0) is 4.79 Å². The summed E-state index contributed by atoms with van der Waals surface area (Å²) in [5.74, 6) is 4.91. The van der Waals surface area contributed by atoms with Crippen molar-refractivity contribution < 1.29 is 4.79 Å². The molecule has 4 aliphatic rings. The minimum atomic E-state index is 0. The van der Waals surface area contributed by atoms with E-state index in [4.69, 9.17) is 5.73 Å². The summed E-state index contributed by atoms with van der Waals surface area (Å²) in [4.78, 5) is 15.0. The van der Waals surface area contributed by atoms with Crippen molar-refractivity contribution in [3.05, 3.63) is 0 Å². The Morgan fingerprint density at radius 1 is 1.15 bits per heavy atom. The molecule has 0 aromatic carbocycles. The average molecular weight is 299 g/mol. The van der Waals surface area contributed by atoms with E-state index in [1.54, 1.807) is 0 Å². The summed E-state index contributed by atoms with van der Waals surface area (Å²) in [7, 11) is 0. The van der Waals surface area contributed by atoms with Gasteiger partial charge in [0.15, 0.2) is 0 Å². The molecule has 4 heteroatoms. The van der Waals surface area contributed by atoms with Crippen LogP contribution in [0.25, 0.3) is 0 Å². The van der Waals surface area contributed by atoms with E-state index in [0.717, 1.165) is 49.0 Å². The zero-order chi connectivity index (χ0) is 13.1. The molecular weight excluding hydrogens is 272 g/mol. The topological polar surface area (TPSA) is 46.3 Å². The molecule has 2 N–H and O–H groups in total. The number of halogens is 1. The first kappa shape index (κ1) is 14.6. The second-order valence-corrected chi connectivity index (χ2v) is 7.56. The third kappa shape index (κ3) is 2.00. The molecule has 114 valence electrons. The lowest BCUT2D eigenvalue weighted by atomic mass is 9.91. The summed E-state index contributed by atoms with van der Waals surface area (Å²) in [6.45, 7) is 3.88. The second-order valence-electron chi connectivity index (χ2n) is 7.56. The van der Waals surface area contributed by atoms with Crippen molar-refractivity contribution in [3.63, 3.8) is 0 Å². The van der Waals surface area contributed by atoms with Gasteiger partial charge in [0.05, 0.1) is 0 Å². The SMILES string of the molecule is CC1CCN(C(=O)C2C3C4CCC(C4)C23)C(CN)C1.Cl. The monoisotopic (exact) mass is 298 g/mol. The number of nitrogens with two attached hydrogens (primary N) is 1. The minimum absolute atomic E-state index is 0. The van der Waals surface area contributed by atoms with Crippen LogP contribution in [0.4, 0.5) is 0 Å². The van der Waals surface area contributed by atoms with Crippen molar-refractivity contribution in [1.82, 2.24) is 4.90 Å². The molecule has 3 saturated carbocycles. The number of carbonyl (C=O) groups excluding carboxylic acids is 1. The minimum Gasteiger partial charge on any atom is -0.338 e. The van der Waals surface area contributed by atoms with E-state index in [2.05, 4.69) is 11.8 Å². The number of piperidine rings is 1. The van der Waals surface area contributed by atoms with E-state index in [1.807, 2.05) is 0 Å². The molecule has 4 fully saturated rings. The first-order valence-electron chi connectivity index (χ1n) is 8.21. The molecule has 6 atom stereocenters. The second kappa shape index (κ2) is 5.17. The van der Waals surface area contributed by atoms with Crippen LogP contribution < -0.4 is 5.73 Å². The van der Waals surface area contributed by atoms with E-state index in [0.29, 0.717) is 24.4 Å². The van der Waals surface area contributed by atoms with E-state index in [-0.39, 0.29) is 12.4 Å². The molecule has 3 aliphatic carbocycles. The molecule has 20 heavy (non-hydrogen) atoms. The van der Waals surface area contributed by atoms with Crippen molar-refractivity contribution in [2.45, 2.75) is 45.1 Å². The van der Waals surface area contributed by atoms with Gasteiger partial charge < -0.3 is 10.6 Å². The van der Waals surface area contributed by atoms with Crippen LogP contribution in [0, 0.1) is 35.5 Å². The van der Waals surface area contributed by atoms with Crippen LogP contribution in [0.2, 0.25) is 0 Å². The fourth-order valence-corrected chi connectivity index (χ4v) is 5.61. The molecule has 2 bridgehead atoms. The number of hydrogen-bond donors (Lipinski definition) is 1. The van der Waals surface area contributed by atoms with Gasteiger partial charge in [-0.1, -0.05) is 6.92 Å². The fraction of sp³-hybridized carbons (Fsp3) is 0.938. The van der Waals surface area contributed by atoms with E-state index in [9.17, 15) is 4.79 Å². The molecule has 6 unspecified atom stereocenters. The Kier molecular flexibility index (Phi) is 3.79. The molecule has 0 radical (unpaired) electrons. The zero-order valence-corrected chi connectivity index (χ0v) is 13.1. The highest BCUT2D eigenvalue weighted by atomic mass is 35.5. The largest absolute Gasteiger partial charge is 0.338 e. The number of likely N-dealkylation sites (tertiary alicyclic amines) is 1. The molecule has 1 heterocycles. The van der Waals surface area contributed by atoms with Crippen molar-refractivity contribution in [1.29, 1.82) is 0 Å². The van der Waals surface area contributed by atoms with Crippen LogP contribution in [0.5, 0.6) is 0 Å². The lowest BCUT2D eigenvalue weighted by molar-refractivity contribution is -0.137. The number of carbonyl (C=O) groups is 1. The van der Waals surface area contributed by atoms with E-state index in [1.165, 1.54) is 19.3 Å². The van der Waals surface area contributed by atoms with Crippen molar-refractivity contribution in [3.8, 4) is 0 Å². The quantitative estimate of drug-likeness (QED) is 0.850. The van der Waals surface area contributed by atoms with E-state index >= 15 is 0 Å². The molecule has 0 aromatic rings. The molecule has 1 aliphatic heterocycles. The number of nitrogens with zero attached hydrogens (tertiary/aromatic N) is 1. The van der Waals surface area contributed by atoms with Crippen molar-refractivity contribution >= 4 is 18.3 Å². The molecule has 3 nitrogen and oxygen atoms in total. The third-order valence-corrected chi connectivity index (χ3v) is 6.55. The highest BCUT2D eigenvalue weighted by Gasteiger charge is 2.68. The lowest BCUT2D eigenvalue weighted by Crippen LogP contribution is -2.50. The summed E-state index contributed by atoms with van der Waals surface area (Å²) >= 11 is 0. The maximum Gasteiger partial charge on any atom is 0.226 e. The summed E-state index contributed by atoms with van der Waals surface area (Å²) in [5.41, 5.74) is 5.90. The van der Waals surface area contributed by atoms with Crippen molar-refractivity contribution in [2.24, 2.45) is 41.2 Å². The van der Waals surface area contributed by atoms with Gasteiger partial charge in [-0.05, 0) is 61.7 Å². The van der Waals surface area contributed by atoms with Gasteiger partial charge in [0, 0.05) is 25.0 Å². The zero-order valence-electron chi connectivity index (χ0n) is 12.3. The molecule has 4 rings (SSSR count). The normalized spacial score (nSPS) is 48.7. The van der Waals surface area contributed by atoms with Crippen LogP contribution >= 0.6 is 12.4 Å². The number of fused-ring (bicyclic) bond motifs is 5. The van der Waals surface area contributed by atoms with Gasteiger partial charge in [0.2, 0.25) is 5.91 Å². The summed E-state index contributed by atoms with van der Waals surface area (Å²) in [5, 5.41) is 0. The van der Waals surface area contributed by atoms with Crippen LogP contribution in [-0.4, -0.2) is 29.9 Å². The first-order chi connectivity index (χ1) is 9.20. The maximum absolute atomic E-state index is 12.8. The molecule has 0 spiro atoms. The highest BCUT2D eigenvalue weighted by Crippen LogP contribution is 2.69. The van der Waals surface area contributed by atoms with Gasteiger partial charge in [-0.15, -0.1) is 12.4 Å². The van der Waals surface area contributed by atoms with E-state index < -0.39 is 0 Å². The average Bonchev–Trinajstić information content (AvgIpc) is 2.85. The fourth-order valence-electron chi connectivity index (χ4n) is 5.61.